The highest BCUT2D eigenvalue weighted by molar-refractivity contribution is 5.76. The first kappa shape index (κ1) is 21.7. The third kappa shape index (κ3) is 4.94. The molecule has 1 aromatic heterocycles. The van der Waals surface area contributed by atoms with Crippen molar-refractivity contribution < 1.29 is 4.52 Å². The summed E-state index contributed by atoms with van der Waals surface area (Å²) < 4.78 is 5.81. The summed E-state index contributed by atoms with van der Waals surface area (Å²) in [6.45, 7) is 1.99. The maximum atomic E-state index is 5.81. The number of hydrogen-bond donors (Lipinski definition) is 1. The van der Waals surface area contributed by atoms with E-state index in [-0.39, 0.29) is 6.04 Å². The minimum atomic E-state index is 0.141. The first-order valence-electron chi connectivity index (χ1n) is 11.8. The zero-order valence-electron chi connectivity index (χ0n) is 19.3. The van der Waals surface area contributed by atoms with E-state index >= 15 is 0 Å². The number of benzene rings is 4. The molecule has 0 saturated heterocycles. The van der Waals surface area contributed by atoms with Crippen LogP contribution in [0.3, 0.4) is 0 Å². The van der Waals surface area contributed by atoms with Crippen LogP contribution in [0.15, 0.2) is 120 Å². The number of nitrogens with one attached hydrogen (secondary N) is 1. The molecule has 0 aliphatic rings. The van der Waals surface area contributed by atoms with Crippen LogP contribution in [0.2, 0.25) is 0 Å². The average molecular weight is 445 g/mol. The van der Waals surface area contributed by atoms with E-state index in [9.17, 15) is 0 Å². The summed E-state index contributed by atoms with van der Waals surface area (Å²) in [6, 6.07) is 40.3. The van der Waals surface area contributed by atoms with Crippen LogP contribution in [0.25, 0.3) is 22.5 Å². The van der Waals surface area contributed by atoms with Crippen molar-refractivity contribution in [3.8, 4) is 22.5 Å². The number of nitrogens with zero attached hydrogens (tertiary/aromatic N) is 1. The van der Waals surface area contributed by atoms with Crippen LogP contribution in [0.4, 0.5) is 5.69 Å². The molecule has 1 atom stereocenters. The lowest BCUT2D eigenvalue weighted by atomic mass is 9.98. The zero-order valence-corrected chi connectivity index (χ0v) is 19.3. The molecular weight excluding hydrogens is 416 g/mol. The van der Waals surface area contributed by atoms with Crippen LogP contribution < -0.4 is 5.32 Å². The largest absolute Gasteiger partial charge is 0.374 e. The average Bonchev–Trinajstić information content (AvgIpc) is 3.28. The molecule has 0 spiro atoms. The summed E-state index contributed by atoms with van der Waals surface area (Å²) in [5, 5.41) is 8.07. The molecule has 0 bridgehead atoms. The van der Waals surface area contributed by atoms with Crippen LogP contribution in [0, 0.1) is 6.92 Å². The smallest absolute Gasteiger partial charge is 0.190 e. The number of hydrogen-bond acceptors (Lipinski definition) is 3. The Hall–Kier alpha value is -4.11. The predicted molar refractivity (Wildman–Crippen MR) is 140 cm³/mol. The van der Waals surface area contributed by atoms with Crippen molar-refractivity contribution in [3.05, 3.63) is 132 Å². The quantitative estimate of drug-likeness (QED) is 0.263. The van der Waals surface area contributed by atoms with Gasteiger partial charge in [-0.2, -0.15) is 0 Å². The van der Waals surface area contributed by atoms with Gasteiger partial charge >= 0.3 is 0 Å². The number of aryl methyl sites for hydroxylation is 2. The van der Waals surface area contributed by atoms with Gasteiger partial charge < -0.3 is 9.84 Å². The number of rotatable bonds is 8. The summed E-state index contributed by atoms with van der Waals surface area (Å²) in [7, 11) is 0. The van der Waals surface area contributed by atoms with Crippen molar-refractivity contribution in [1.29, 1.82) is 0 Å². The minimum Gasteiger partial charge on any atom is -0.374 e. The van der Waals surface area contributed by atoms with Gasteiger partial charge in [-0.15, -0.1) is 0 Å². The van der Waals surface area contributed by atoms with Crippen molar-refractivity contribution in [2.24, 2.45) is 0 Å². The van der Waals surface area contributed by atoms with Crippen LogP contribution >= 0.6 is 0 Å². The van der Waals surface area contributed by atoms with Gasteiger partial charge in [-0.05, 0) is 42.0 Å². The molecule has 34 heavy (non-hydrogen) atoms. The maximum Gasteiger partial charge on any atom is 0.190 e. The standard InChI is InChI=1S/C31H28N2O/c1-23-30(31(34-33-23)28-20-18-26(19-21-28)25-13-7-3-8-14-25)32-29(27-15-9-4-10-16-27)22-17-24-11-5-2-6-12-24/h2-16,18-21,29,32H,17,22H2,1H3. The molecule has 1 heterocycles. The number of aromatic nitrogens is 1. The molecule has 168 valence electrons. The SMILES string of the molecule is Cc1noc(-c2ccc(-c3ccccc3)cc2)c1NC(CCc1ccccc1)c1ccccc1. The van der Waals surface area contributed by atoms with E-state index in [2.05, 4.69) is 120 Å². The van der Waals surface area contributed by atoms with E-state index in [1.54, 1.807) is 0 Å². The van der Waals surface area contributed by atoms with Crippen molar-refractivity contribution in [2.45, 2.75) is 25.8 Å². The lowest BCUT2D eigenvalue weighted by molar-refractivity contribution is 0.427. The molecule has 5 aromatic rings. The lowest BCUT2D eigenvalue weighted by Crippen LogP contribution is -2.13. The highest BCUT2D eigenvalue weighted by atomic mass is 16.5. The van der Waals surface area contributed by atoms with E-state index in [0.29, 0.717) is 0 Å². The fourth-order valence-electron chi connectivity index (χ4n) is 4.32. The molecule has 4 aromatic carbocycles. The molecule has 0 aliphatic heterocycles. The van der Waals surface area contributed by atoms with Gasteiger partial charge in [0.15, 0.2) is 5.76 Å². The molecule has 3 heteroatoms. The Balaban J connectivity index is 1.42. The Morgan fingerprint density at radius 3 is 1.91 bits per heavy atom. The maximum absolute atomic E-state index is 5.81. The second kappa shape index (κ2) is 10.2. The normalized spacial score (nSPS) is 11.8. The Morgan fingerprint density at radius 2 is 1.24 bits per heavy atom. The van der Waals surface area contributed by atoms with E-state index < -0.39 is 0 Å². The molecule has 0 fully saturated rings. The van der Waals surface area contributed by atoms with Crippen molar-refractivity contribution in [1.82, 2.24) is 5.16 Å². The van der Waals surface area contributed by atoms with Crippen molar-refractivity contribution in [2.75, 3.05) is 5.32 Å². The summed E-state index contributed by atoms with van der Waals surface area (Å²) in [4.78, 5) is 0. The zero-order chi connectivity index (χ0) is 23.2. The molecule has 0 radical (unpaired) electrons. The van der Waals surface area contributed by atoms with Gasteiger partial charge in [-0.25, -0.2) is 0 Å². The van der Waals surface area contributed by atoms with Crippen molar-refractivity contribution >= 4 is 5.69 Å². The molecule has 1 unspecified atom stereocenters. The van der Waals surface area contributed by atoms with Gasteiger partial charge in [0.1, 0.15) is 11.4 Å². The van der Waals surface area contributed by atoms with Crippen molar-refractivity contribution in [3.63, 3.8) is 0 Å². The lowest BCUT2D eigenvalue weighted by Gasteiger charge is -2.21. The highest BCUT2D eigenvalue weighted by Crippen LogP contribution is 2.35. The number of anilines is 1. The fourth-order valence-corrected chi connectivity index (χ4v) is 4.32. The summed E-state index contributed by atoms with van der Waals surface area (Å²) in [5.41, 5.74) is 7.80. The van der Waals surface area contributed by atoms with Crippen LogP contribution in [-0.4, -0.2) is 5.16 Å². The Morgan fingerprint density at radius 1 is 0.676 bits per heavy atom. The van der Waals surface area contributed by atoms with Gasteiger partial charge in [0.25, 0.3) is 0 Å². The summed E-state index contributed by atoms with van der Waals surface area (Å²) >= 11 is 0. The first-order chi connectivity index (χ1) is 16.8. The van der Waals surface area contributed by atoms with E-state index in [0.717, 1.165) is 35.5 Å². The van der Waals surface area contributed by atoms with E-state index in [4.69, 9.17) is 4.52 Å². The van der Waals surface area contributed by atoms with Gasteiger partial charge in [0, 0.05) is 5.56 Å². The molecule has 0 saturated carbocycles. The summed E-state index contributed by atoms with van der Waals surface area (Å²) in [5.74, 6) is 0.776. The topological polar surface area (TPSA) is 38.1 Å². The molecule has 1 N–H and O–H groups in total. The Kier molecular flexibility index (Phi) is 6.53. The third-order valence-electron chi connectivity index (χ3n) is 6.20. The predicted octanol–water partition coefficient (Wildman–Crippen LogP) is 8.10. The fraction of sp³-hybridized carbons (Fsp3) is 0.129. The molecule has 5 rings (SSSR count). The van der Waals surface area contributed by atoms with Gasteiger partial charge in [-0.1, -0.05) is 120 Å². The van der Waals surface area contributed by atoms with E-state index in [1.807, 2.05) is 13.0 Å². The third-order valence-corrected chi connectivity index (χ3v) is 6.20. The van der Waals surface area contributed by atoms with Crippen LogP contribution in [-0.2, 0) is 6.42 Å². The van der Waals surface area contributed by atoms with Crippen LogP contribution in [0.5, 0.6) is 0 Å². The molecular formula is C31H28N2O. The Bertz CT molecular complexity index is 1310. The Labute approximate surface area is 201 Å². The van der Waals surface area contributed by atoms with Gasteiger partial charge in [0.05, 0.1) is 6.04 Å². The monoisotopic (exact) mass is 444 g/mol. The summed E-state index contributed by atoms with van der Waals surface area (Å²) in [6.07, 6.45) is 1.95. The molecule has 0 amide bonds. The van der Waals surface area contributed by atoms with Gasteiger partial charge in [-0.3, -0.25) is 0 Å². The van der Waals surface area contributed by atoms with E-state index in [1.165, 1.54) is 22.3 Å². The molecule has 3 nitrogen and oxygen atoms in total. The van der Waals surface area contributed by atoms with Crippen LogP contribution in [0.1, 0.15) is 29.3 Å². The second-order valence-electron chi connectivity index (χ2n) is 8.55. The second-order valence-corrected chi connectivity index (χ2v) is 8.55. The van der Waals surface area contributed by atoms with Gasteiger partial charge in [0.2, 0.25) is 0 Å². The first-order valence-corrected chi connectivity index (χ1v) is 11.8. The minimum absolute atomic E-state index is 0.141. The highest BCUT2D eigenvalue weighted by Gasteiger charge is 2.20. The molecule has 0 aliphatic carbocycles.